The first-order valence-corrected chi connectivity index (χ1v) is 3.64. The molecule has 62 valence electrons. The number of ether oxygens (including phenoxy) is 1. The minimum Gasteiger partial charge on any atom is -0.481 e. The van der Waals surface area contributed by atoms with E-state index in [9.17, 15) is 0 Å². The summed E-state index contributed by atoms with van der Waals surface area (Å²) in [5.41, 5.74) is 0.942. The Morgan fingerprint density at radius 2 is 2.42 bits per heavy atom. The zero-order chi connectivity index (χ0) is 8.97. The summed E-state index contributed by atoms with van der Waals surface area (Å²) in [4.78, 5) is 7.35. The lowest BCUT2D eigenvalue weighted by Gasteiger charge is -2.01. The van der Waals surface area contributed by atoms with Gasteiger partial charge in [0.25, 0.3) is 0 Å². The van der Waals surface area contributed by atoms with Gasteiger partial charge in [0.05, 0.1) is 7.11 Å². The molecule has 0 saturated heterocycles. The van der Waals surface area contributed by atoms with E-state index >= 15 is 0 Å². The van der Waals surface area contributed by atoms with E-state index in [0.29, 0.717) is 5.88 Å². The van der Waals surface area contributed by atoms with Gasteiger partial charge in [0.15, 0.2) is 0 Å². The Labute approximate surface area is 71.8 Å². The van der Waals surface area contributed by atoms with Gasteiger partial charge in [0.1, 0.15) is 0 Å². The molecule has 0 fully saturated rings. The van der Waals surface area contributed by atoms with Crippen LogP contribution in [0.5, 0.6) is 5.88 Å². The number of aromatic nitrogens is 1. The lowest BCUT2D eigenvalue weighted by Crippen LogP contribution is -1.91. The summed E-state index contributed by atoms with van der Waals surface area (Å²) in [5.74, 6) is 0.558. The lowest BCUT2D eigenvalue weighted by molar-refractivity contribution is 0.397. The van der Waals surface area contributed by atoms with Gasteiger partial charge >= 0.3 is 0 Å². The second-order valence-electron chi connectivity index (χ2n) is 2.44. The van der Waals surface area contributed by atoms with E-state index in [1.165, 1.54) is 0 Å². The molecule has 0 amide bonds. The maximum Gasteiger partial charge on any atom is 0.246 e. The zero-order valence-corrected chi connectivity index (χ0v) is 7.11. The van der Waals surface area contributed by atoms with Gasteiger partial charge in [-0.2, -0.15) is 0 Å². The highest BCUT2D eigenvalue weighted by molar-refractivity contribution is 5.24. The molecule has 1 heterocycles. The Hall–Kier alpha value is -1.56. The Morgan fingerprint density at radius 3 is 3.00 bits per heavy atom. The Kier molecular flexibility index (Phi) is 2.65. The van der Waals surface area contributed by atoms with Crippen LogP contribution in [0, 0.1) is 6.57 Å². The van der Waals surface area contributed by atoms with Gasteiger partial charge in [0.2, 0.25) is 11.9 Å². The van der Waals surface area contributed by atoms with Gasteiger partial charge in [-0.3, -0.25) is 0 Å². The van der Waals surface area contributed by atoms with Crippen molar-refractivity contribution < 1.29 is 4.74 Å². The van der Waals surface area contributed by atoms with Crippen molar-refractivity contribution in [1.82, 2.24) is 4.98 Å². The second kappa shape index (κ2) is 3.72. The summed E-state index contributed by atoms with van der Waals surface area (Å²) in [7, 11) is 1.56. The second-order valence-corrected chi connectivity index (χ2v) is 2.44. The molecule has 1 rings (SSSR count). The molecule has 0 N–H and O–H groups in total. The smallest absolute Gasteiger partial charge is 0.246 e. The topological polar surface area (TPSA) is 26.5 Å². The Bertz CT molecular complexity index is 304. The minimum atomic E-state index is -0.123. The molecule has 3 nitrogen and oxygen atoms in total. The van der Waals surface area contributed by atoms with E-state index in [1.807, 2.05) is 13.0 Å². The predicted octanol–water partition coefficient (Wildman–Crippen LogP) is 2.07. The highest BCUT2D eigenvalue weighted by Crippen LogP contribution is 2.18. The van der Waals surface area contributed by atoms with Crippen LogP contribution in [0.25, 0.3) is 4.85 Å². The number of hydrogen-bond donors (Lipinski definition) is 0. The van der Waals surface area contributed by atoms with Crippen molar-refractivity contribution in [2.24, 2.45) is 0 Å². The van der Waals surface area contributed by atoms with Crippen molar-refractivity contribution in [2.75, 3.05) is 7.11 Å². The summed E-state index contributed by atoms with van der Waals surface area (Å²) >= 11 is 0. The molecule has 0 radical (unpaired) electrons. The molecular formula is C9H10N2O. The number of pyridine rings is 1. The van der Waals surface area contributed by atoms with Crippen LogP contribution in [0.2, 0.25) is 0 Å². The van der Waals surface area contributed by atoms with Gasteiger partial charge in [-0.1, -0.05) is 0 Å². The molecule has 1 atom stereocenters. The molecule has 0 saturated carbocycles. The first kappa shape index (κ1) is 8.54. The number of nitrogens with zero attached hydrogens (tertiary/aromatic N) is 2. The molecule has 1 unspecified atom stereocenters. The number of hydrogen-bond acceptors (Lipinski definition) is 2. The van der Waals surface area contributed by atoms with Crippen LogP contribution in [-0.4, -0.2) is 12.1 Å². The standard InChI is InChI=1S/C9H10N2O/c1-7(10-2)8-4-5-11-9(6-8)12-3/h4-7H,1,3H3. The Balaban J connectivity index is 2.95. The third-order valence-corrected chi connectivity index (χ3v) is 1.64. The fourth-order valence-electron chi connectivity index (χ4n) is 0.871. The van der Waals surface area contributed by atoms with E-state index in [2.05, 4.69) is 9.83 Å². The predicted molar refractivity (Wildman–Crippen MR) is 45.8 cm³/mol. The maximum atomic E-state index is 6.84. The SMILES string of the molecule is [C-]#[N+]C(C)c1ccnc(OC)c1. The van der Waals surface area contributed by atoms with E-state index in [1.54, 1.807) is 19.4 Å². The molecule has 0 bridgehead atoms. The Morgan fingerprint density at radius 1 is 1.67 bits per heavy atom. The quantitative estimate of drug-likeness (QED) is 0.622. The van der Waals surface area contributed by atoms with E-state index in [-0.39, 0.29) is 6.04 Å². The first-order valence-electron chi connectivity index (χ1n) is 3.64. The van der Waals surface area contributed by atoms with Crippen LogP contribution >= 0.6 is 0 Å². The van der Waals surface area contributed by atoms with Crippen LogP contribution in [-0.2, 0) is 0 Å². The highest BCUT2D eigenvalue weighted by Gasteiger charge is 2.08. The molecule has 0 aliphatic carbocycles. The molecule has 0 aliphatic rings. The van der Waals surface area contributed by atoms with Crippen molar-refractivity contribution in [3.05, 3.63) is 35.3 Å². The highest BCUT2D eigenvalue weighted by atomic mass is 16.5. The summed E-state index contributed by atoms with van der Waals surface area (Å²) in [6.07, 6.45) is 1.65. The maximum absolute atomic E-state index is 6.84. The fraction of sp³-hybridized carbons (Fsp3) is 0.333. The van der Waals surface area contributed by atoms with Gasteiger partial charge in [0, 0.05) is 24.8 Å². The van der Waals surface area contributed by atoms with Crippen LogP contribution in [0.3, 0.4) is 0 Å². The minimum absolute atomic E-state index is 0.123. The molecule has 1 aromatic heterocycles. The van der Waals surface area contributed by atoms with Crippen molar-refractivity contribution in [3.63, 3.8) is 0 Å². The normalized spacial score (nSPS) is 11.8. The van der Waals surface area contributed by atoms with Gasteiger partial charge < -0.3 is 9.58 Å². The van der Waals surface area contributed by atoms with Crippen molar-refractivity contribution in [2.45, 2.75) is 13.0 Å². The average molecular weight is 162 g/mol. The molecule has 0 aliphatic heterocycles. The van der Waals surface area contributed by atoms with E-state index in [0.717, 1.165) is 5.56 Å². The lowest BCUT2D eigenvalue weighted by atomic mass is 10.1. The number of methoxy groups -OCH3 is 1. The van der Waals surface area contributed by atoms with Gasteiger partial charge in [-0.25, -0.2) is 11.6 Å². The summed E-state index contributed by atoms with van der Waals surface area (Å²) in [6.45, 7) is 8.69. The first-order chi connectivity index (χ1) is 5.77. The molecule has 0 aromatic carbocycles. The average Bonchev–Trinajstić information content (AvgIpc) is 2.17. The fourth-order valence-corrected chi connectivity index (χ4v) is 0.871. The number of rotatable bonds is 2. The monoisotopic (exact) mass is 162 g/mol. The van der Waals surface area contributed by atoms with Gasteiger partial charge in [-0.15, -0.1) is 0 Å². The molecule has 1 aromatic rings. The van der Waals surface area contributed by atoms with Crippen molar-refractivity contribution >= 4 is 0 Å². The van der Waals surface area contributed by atoms with Gasteiger partial charge in [-0.05, 0) is 6.07 Å². The molecule has 3 heteroatoms. The molecular weight excluding hydrogens is 152 g/mol. The van der Waals surface area contributed by atoms with Crippen molar-refractivity contribution in [3.8, 4) is 5.88 Å². The van der Waals surface area contributed by atoms with Crippen LogP contribution in [0.4, 0.5) is 0 Å². The molecule has 12 heavy (non-hydrogen) atoms. The van der Waals surface area contributed by atoms with Crippen molar-refractivity contribution in [1.29, 1.82) is 0 Å². The van der Waals surface area contributed by atoms with Crippen LogP contribution in [0.15, 0.2) is 18.3 Å². The summed E-state index contributed by atoms with van der Waals surface area (Å²) in [5, 5.41) is 0. The van der Waals surface area contributed by atoms with E-state index in [4.69, 9.17) is 11.3 Å². The molecule has 0 spiro atoms. The third kappa shape index (κ3) is 1.73. The zero-order valence-electron chi connectivity index (χ0n) is 7.11. The summed E-state index contributed by atoms with van der Waals surface area (Å²) in [6, 6.07) is 3.48. The largest absolute Gasteiger partial charge is 0.481 e. The van der Waals surface area contributed by atoms with E-state index < -0.39 is 0 Å². The van der Waals surface area contributed by atoms with Crippen LogP contribution < -0.4 is 4.74 Å². The third-order valence-electron chi connectivity index (χ3n) is 1.64. The summed E-state index contributed by atoms with van der Waals surface area (Å²) < 4.78 is 4.94. The van der Waals surface area contributed by atoms with Crippen LogP contribution in [0.1, 0.15) is 18.5 Å².